The number of benzene rings is 3. The van der Waals surface area contributed by atoms with Crippen molar-refractivity contribution in [1.29, 1.82) is 0 Å². The van der Waals surface area contributed by atoms with Gasteiger partial charge in [0.05, 0.1) is 12.0 Å². The third kappa shape index (κ3) is 6.51. The molecule has 1 atom stereocenters. The number of anilines is 1. The van der Waals surface area contributed by atoms with Crippen molar-refractivity contribution in [3.63, 3.8) is 0 Å². The molecule has 3 aromatic carbocycles. The van der Waals surface area contributed by atoms with E-state index < -0.39 is 10.0 Å². The fourth-order valence-corrected chi connectivity index (χ4v) is 5.26. The van der Waals surface area contributed by atoms with E-state index in [0.717, 1.165) is 34.1 Å². The minimum Gasteiger partial charge on any atom is -0.411 e. The highest BCUT2D eigenvalue weighted by Gasteiger charge is 2.21. The second-order valence-corrected chi connectivity index (χ2v) is 11.4. The lowest BCUT2D eigenvalue weighted by Gasteiger charge is -2.21. The lowest BCUT2D eigenvalue weighted by Crippen LogP contribution is -2.18. The summed E-state index contributed by atoms with van der Waals surface area (Å²) in [6.07, 6.45) is 3.17. The van der Waals surface area contributed by atoms with Crippen LogP contribution in [0.4, 0.5) is 5.69 Å². The molecule has 1 heterocycles. The van der Waals surface area contributed by atoms with E-state index in [-0.39, 0.29) is 11.5 Å². The Morgan fingerprint density at radius 2 is 1.63 bits per heavy atom. The summed E-state index contributed by atoms with van der Waals surface area (Å²) in [5, 5.41) is 14.2. The molecule has 0 saturated carbocycles. The minimum atomic E-state index is -3.34. The van der Waals surface area contributed by atoms with Crippen LogP contribution in [0.3, 0.4) is 0 Å². The molecule has 2 N–H and O–H groups in total. The Kier molecular flexibility index (Phi) is 8.04. The summed E-state index contributed by atoms with van der Waals surface area (Å²) >= 11 is 6.23. The zero-order valence-corrected chi connectivity index (χ0v) is 22.8. The SMILES string of the molecule is Cc1cc(Cl)ccc1[C@@H](C/C(=N\O)c1ccc(=O)n(C)c1)c1ccc(-c2ccc(NS(C)(=O)=O)cc2)cc1. The minimum absolute atomic E-state index is 0.146. The molecule has 0 radical (unpaired) electrons. The van der Waals surface area contributed by atoms with E-state index in [1.165, 1.54) is 10.6 Å². The number of nitrogens with zero attached hydrogens (tertiary/aromatic N) is 2. The van der Waals surface area contributed by atoms with Crippen LogP contribution in [-0.2, 0) is 17.1 Å². The molecule has 38 heavy (non-hydrogen) atoms. The van der Waals surface area contributed by atoms with Crippen LogP contribution in [0.1, 0.15) is 34.6 Å². The van der Waals surface area contributed by atoms with Crippen LogP contribution in [0.15, 0.2) is 95.0 Å². The highest BCUT2D eigenvalue weighted by Crippen LogP contribution is 2.34. The molecule has 4 rings (SSSR count). The maximum absolute atomic E-state index is 11.9. The van der Waals surface area contributed by atoms with Crippen molar-refractivity contribution in [3.05, 3.63) is 123 Å². The standard InChI is InChI=1S/C29H28ClN3O4S/c1-19-16-24(30)11-14-26(19)27(17-28(31-35)23-10-15-29(34)33(2)18-23)22-6-4-20(5-7-22)21-8-12-25(13-9-21)32-38(3,36)37/h4-16,18,27,32,35H,17H2,1-3H3/b31-28+/t27-/m0/s1. The predicted octanol–water partition coefficient (Wildman–Crippen LogP) is 5.79. The number of aryl methyl sites for hydroxylation is 2. The fraction of sp³-hybridized carbons (Fsp3) is 0.172. The smallest absolute Gasteiger partial charge is 0.250 e. The molecule has 0 spiro atoms. The molecule has 0 saturated heterocycles. The first kappa shape index (κ1) is 27.2. The molecule has 0 aliphatic carbocycles. The molecule has 0 bridgehead atoms. The van der Waals surface area contributed by atoms with Crippen LogP contribution in [0.25, 0.3) is 11.1 Å². The van der Waals surface area contributed by atoms with Crippen LogP contribution < -0.4 is 10.3 Å². The molecular weight excluding hydrogens is 522 g/mol. The second-order valence-electron chi connectivity index (χ2n) is 9.24. The van der Waals surface area contributed by atoms with Crippen LogP contribution in [0.2, 0.25) is 5.02 Å². The van der Waals surface area contributed by atoms with Gasteiger partial charge in [0.2, 0.25) is 15.6 Å². The predicted molar refractivity (Wildman–Crippen MR) is 153 cm³/mol. The Morgan fingerprint density at radius 1 is 1.00 bits per heavy atom. The summed E-state index contributed by atoms with van der Waals surface area (Å²) in [5.74, 6) is -0.147. The van der Waals surface area contributed by atoms with E-state index in [1.807, 2.05) is 61.5 Å². The average molecular weight is 550 g/mol. The lowest BCUT2D eigenvalue weighted by molar-refractivity contribution is 0.317. The molecule has 0 aliphatic rings. The van der Waals surface area contributed by atoms with Gasteiger partial charge in [-0.3, -0.25) is 9.52 Å². The van der Waals surface area contributed by atoms with Gasteiger partial charge in [0.1, 0.15) is 0 Å². The summed E-state index contributed by atoms with van der Waals surface area (Å²) in [7, 11) is -1.69. The van der Waals surface area contributed by atoms with Crippen LogP contribution in [0, 0.1) is 6.92 Å². The van der Waals surface area contributed by atoms with Gasteiger partial charge >= 0.3 is 0 Å². The zero-order valence-electron chi connectivity index (χ0n) is 21.2. The number of halogens is 1. The van der Waals surface area contributed by atoms with Crippen molar-refractivity contribution in [1.82, 2.24) is 4.57 Å². The van der Waals surface area contributed by atoms with Crippen LogP contribution in [-0.4, -0.2) is 30.2 Å². The first-order chi connectivity index (χ1) is 18.0. The highest BCUT2D eigenvalue weighted by molar-refractivity contribution is 7.92. The second kappa shape index (κ2) is 11.2. The van der Waals surface area contributed by atoms with Gasteiger partial charge in [-0.15, -0.1) is 0 Å². The van der Waals surface area contributed by atoms with E-state index in [2.05, 4.69) is 9.88 Å². The number of rotatable bonds is 8. The topological polar surface area (TPSA) is 101 Å². The normalized spacial score (nSPS) is 12.8. The summed E-state index contributed by atoms with van der Waals surface area (Å²) in [6.45, 7) is 2.00. The number of hydrogen-bond donors (Lipinski definition) is 2. The zero-order chi connectivity index (χ0) is 27.4. The summed E-state index contributed by atoms with van der Waals surface area (Å²) in [5.41, 5.74) is 6.46. The van der Waals surface area contributed by atoms with Gasteiger partial charge < -0.3 is 9.77 Å². The molecule has 0 amide bonds. The van der Waals surface area contributed by atoms with Gasteiger partial charge in [0.15, 0.2) is 0 Å². The highest BCUT2D eigenvalue weighted by atomic mass is 35.5. The van der Waals surface area contributed by atoms with E-state index in [4.69, 9.17) is 11.6 Å². The van der Waals surface area contributed by atoms with Gasteiger partial charge in [-0.2, -0.15) is 0 Å². The molecule has 9 heteroatoms. The quantitative estimate of drug-likeness (QED) is 0.165. The van der Waals surface area contributed by atoms with E-state index in [1.54, 1.807) is 31.4 Å². The van der Waals surface area contributed by atoms with Crippen molar-refractivity contribution < 1.29 is 13.6 Å². The van der Waals surface area contributed by atoms with Gasteiger partial charge in [0.25, 0.3) is 0 Å². The number of nitrogens with one attached hydrogen (secondary N) is 1. The van der Waals surface area contributed by atoms with E-state index in [0.29, 0.717) is 28.4 Å². The number of hydrogen-bond acceptors (Lipinski definition) is 5. The first-order valence-corrected chi connectivity index (χ1v) is 14.1. The molecular formula is C29H28ClN3O4S. The Labute approximate surface area is 227 Å². The Bertz CT molecular complexity index is 1640. The first-order valence-electron chi connectivity index (χ1n) is 11.9. The van der Waals surface area contributed by atoms with Gasteiger partial charge in [-0.25, -0.2) is 8.42 Å². The largest absolute Gasteiger partial charge is 0.411 e. The summed E-state index contributed by atoms with van der Waals surface area (Å²) in [4.78, 5) is 11.9. The third-order valence-corrected chi connectivity index (χ3v) is 7.22. The Morgan fingerprint density at radius 3 is 2.18 bits per heavy atom. The van der Waals surface area contributed by atoms with Crippen molar-refractivity contribution in [2.24, 2.45) is 12.2 Å². The fourth-order valence-electron chi connectivity index (χ4n) is 4.46. The maximum atomic E-state index is 11.9. The molecule has 0 unspecified atom stereocenters. The maximum Gasteiger partial charge on any atom is 0.250 e. The Hall–Kier alpha value is -3.88. The molecule has 4 aromatic rings. The molecule has 1 aromatic heterocycles. The monoisotopic (exact) mass is 549 g/mol. The van der Waals surface area contributed by atoms with Gasteiger partial charge in [-0.05, 0) is 65.1 Å². The van der Waals surface area contributed by atoms with Crippen molar-refractivity contribution >= 4 is 33.0 Å². The average Bonchev–Trinajstić information content (AvgIpc) is 2.87. The van der Waals surface area contributed by atoms with Gasteiger partial charge in [0, 0.05) is 47.9 Å². The number of pyridine rings is 1. The third-order valence-electron chi connectivity index (χ3n) is 6.38. The number of sulfonamides is 1. The van der Waals surface area contributed by atoms with Gasteiger partial charge in [-0.1, -0.05) is 59.2 Å². The molecule has 196 valence electrons. The summed E-state index contributed by atoms with van der Waals surface area (Å²) < 4.78 is 26.9. The number of oxime groups is 1. The molecule has 0 fully saturated rings. The van der Waals surface area contributed by atoms with E-state index >= 15 is 0 Å². The molecule has 7 nitrogen and oxygen atoms in total. The lowest BCUT2D eigenvalue weighted by atomic mass is 9.83. The number of aromatic nitrogens is 1. The van der Waals surface area contributed by atoms with Crippen LogP contribution in [0.5, 0.6) is 0 Å². The van der Waals surface area contributed by atoms with E-state index in [9.17, 15) is 18.4 Å². The van der Waals surface area contributed by atoms with Crippen LogP contribution >= 0.6 is 11.6 Å². The summed E-state index contributed by atoms with van der Waals surface area (Å²) in [6, 6.07) is 24.1. The van der Waals surface area contributed by atoms with Crippen molar-refractivity contribution in [3.8, 4) is 11.1 Å². The molecule has 0 aliphatic heterocycles. The Balaban J connectivity index is 1.69. The van der Waals surface area contributed by atoms with Crippen molar-refractivity contribution in [2.45, 2.75) is 19.3 Å². The van der Waals surface area contributed by atoms with Crippen molar-refractivity contribution in [2.75, 3.05) is 11.0 Å².